The number of rotatable bonds is 4. The molecule has 0 unspecified atom stereocenters. The summed E-state index contributed by atoms with van der Waals surface area (Å²) >= 11 is 6.01. The second-order valence-electron chi connectivity index (χ2n) is 5.49. The van der Waals surface area contributed by atoms with Crippen LogP contribution < -0.4 is 16.4 Å². The zero-order valence-corrected chi connectivity index (χ0v) is 14.2. The summed E-state index contributed by atoms with van der Waals surface area (Å²) in [5.74, 6) is 1.09. The summed E-state index contributed by atoms with van der Waals surface area (Å²) in [5, 5.41) is 7.08. The Morgan fingerprint density at radius 1 is 0.958 bits per heavy atom. The van der Waals surface area contributed by atoms with Crippen LogP contribution in [-0.2, 0) is 0 Å². The third-order valence-corrected chi connectivity index (χ3v) is 4.06. The van der Waals surface area contributed by atoms with E-state index in [0.717, 1.165) is 16.9 Å². The van der Waals surface area contributed by atoms with E-state index >= 15 is 0 Å². The number of halogens is 1. The molecule has 3 aromatic rings. The van der Waals surface area contributed by atoms with Gasteiger partial charge in [0, 0.05) is 16.4 Å². The fourth-order valence-electron chi connectivity index (χ4n) is 2.31. The molecule has 0 radical (unpaired) electrons. The highest BCUT2D eigenvalue weighted by atomic mass is 35.5. The highest BCUT2D eigenvalue weighted by Gasteiger charge is 2.10. The van der Waals surface area contributed by atoms with E-state index in [9.17, 15) is 0 Å². The van der Waals surface area contributed by atoms with Gasteiger partial charge in [-0.1, -0.05) is 29.8 Å². The highest BCUT2D eigenvalue weighted by Crippen LogP contribution is 2.30. The average Bonchev–Trinajstić information content (AvgIpc) is 2.55. The second-order valence-corrected chi connectivity index (χ2v) is 5.93. The number of aromatic nitrogens is 2. The van der Waals surface area contributed by atoms with Gasteiger partial charge in [-0.25, -0.2) is 9.97 Å². The van der Waals surface area contributed by atoms with Gasteiger partial charge in [-0.2, -0.15) is 0 Å². The van der Waals surface area contributed by atoms with Crippen LogP contribution in [0.2, 0.25) is 5.02 Å². The van der Waals surface area contributed by atoms with E-state index < -0.39 is 0 Å². The van der Waals surface area contributed by atoms with Crippen LogP contribution in [0.3, 0.4) is 0 Å². The second kappa shape index (κ2) is 6.76. The van der Waals surface area contributed by atoms with Crippen molar-refractivity contribution in [2.75, 3.05) is 16.4 Å². The van der Waals surface area contributed by atoms with Crippen LogP contribution in [0.1, 0.15) is 11.1 Å². The van der Waals surface area contributed by atoms with Gasteiger partial charge in [0.05, 0.1) is 0 Å². The lowest BCUT2D eigenvalue weighted by atomic mass is 10.1. The van der Waals surface area contributed by atoms with Gasteiger partial charge < -0.3 is 16.4 Å². The molecule has 0 atom stereocenters. The first-order valence-electron chi connectivity index (χ1n) is 7.51. The minimum absolute atomic E-state index is 0.443. The van der Waals surface area contributed by atoms with E-state index in [-0.39, 0.29) is 0 Å². The third-order valence-electron chi connectivity index (χ3n) is 3.83. The van der Waals surface area contributed by atoms with Crippen molar-refractivity contribution in [2.45, 2.75) is 13.8 Å². The molecule has 1 heterocycles. The maximum atomic E-state index is 6.22. The topological polar surface area (TPSA) is 75.9 Å². The summed E-state index contributed by atoms with van der Waals surface area (Å²) < 4.78 is 0. The largest absolute Gasteiger partial charge is 0.393 e. The summed E-state index contributed by atoms with van der Waals surface area (Å²) in [5.41, 5.74) is 10.8. The van der Waals surface area contributed by atoms with Gasteiger partial charge in [-0.05, 0) is 49.2 Å². The van der Waals surface area contributed by atoms with Crippen LogP contribution in [-0.4, -0.2) is 9.97 Å². The number of anilines is 5. The summed E-state index contributed by atoms with van der Waals surface area (Å²) in [7, 11) is 0. The summed E-state index contributed by atoms with van der Waals surface area (Å²) in [6.45, 7) is 4.12. The smallest absolute Gasteiger partial charge is 0.159 e. The van der Waals surface area contributed by atoms with Crippen molar-refractivity contribution in [3.63, 3.8) is 0 Å². The Bertz CT molecular complexity index is 879. The monoisotopic (exact) mass is 339 g/mol. The Kier molecular flexibility index (Phi) is 4.53. The van der Waals surface area contributed by atoms with E-state index in [0.29, 0.717) is 22.3 Å². The molecule has 2 aromatic carbocycles. The van der Waals surface area contributed by atoms with Crippen LogP contribution in [0.5, 0.6) is 0 Å². The third kappa shape index (κ3) is 3.41. The number of hydrogen-bond acceptors (Lipinski definition) is 5. The summed E-state index contributed by atoms with van der Waals surface area (Å²) in [6, 6.07) is 13.4. The molecule has 0 bridgehead atoms. The summed E-state index contributed by atoms with van der Waals surface area (Å²) in [6.07, 6.45) is 1.47. The maximum Gasteiger partial charge on any atom is 0.159 e. The molecule has 3 rings (SSSR count). The first-order valence-corrected chi connectivity index (χ1v) is 7.88. The number of aryl methyl sites for hydroxylation is 1. The molecule has 0 spiro atoms. The van der Waals surface area contributed by atoms with E-state index in [2.05, 4.69) is 40.5 Å². The Morgan fingerprint density at radius 3 is 2.42 bits per heavy atom. The van der Waals surface area contributed by atoms with Gasteiger partial charge in [0.2, 0.25) is 0 Å². The van der Waals surface area contributed by atoms with Crippen molar-refractivity contribution in [2.24, 2.45) is 0 Å². The van der Waals surface area contributed by atoms with Crippen molar-refractivity contribution in [3.05, 3.63) is 64.9 Å². The molecule has 0 aliphatic carbocycles. The van der Waals surface area contributed by atoms with Gasteiger partial charge >= 0.3 is 0 Å². The zero-order valence-electron chi connectivity index (χ0n) is 13.5. The van der Waals surface area contributed by atoms with Gasteiger partial charge in [0.25, 0.3) is 0 Å². The molecule has 0 aliphatic rings. The lowest BCUT2D eigenvalue weighted by Gasteiger charge is -2.14. The predicted molar refractivity (Wildman–Crippen MR) is 100 cm³/mol. The Morgan fingerprint density at radius 2 is 1.67 bits per heavy atom. The molecule has 0 saturated heterocycles. The Labute approximate surface area is 145 Å². The SMILES string of the molecule is Cc1cccc(Nc2ncnc(Nc3cccc(Cl)c3)c2N)c1C. The van der Waals surface area contributed by atoms with Crippen LogP contribution in [0.15, 0.2) is 48.8 Å². The number of hydrogen-bond donors (Lipinski definition) is 3. The zero-order chi connectivity index (χ0) is 17.1. The molecule has 0 saturated carbocycles. The van der Waals surface area contributed by atoms with Crippen LogP contribution in [0, 0.1) is 13.8 Å². The molecular formula is C18H18ClN5. The number of nitrogens with zero attached hydrogens (tertiary/aromatic N) is 2. The molecule has 122 valence electrons. The van der Waals surface area contributed by atoms with Crippen LogP contribution in [0.4, 0.5) is 28.7 Å². The average molecular weight is 340 g/mol. The molecule has 0 amide bonds. The lowest BCUT2D eigenvalue weighted by Crippen LogP contribution is -2.06. The van der Waals surface area contributed by atoms with Gasteiger partial charge in [-0.3, -0.25) is 0 Å². The molecule has 6 heteroatoms. The first-order chi connectivity index (χ1) is 11.5. The first kappa shape index (κ1) is 16.1. The summed E-state index contributed by atoms with van der Waals surface area (Å²) in [4.78, 5) is 8.47. The quantitative estimate of drug-likeness (QED) is 0.635. The molecule has 5 nitrogen and oxygen atoms in total. The Hall–Kier alpha value is -2.79. The van der Waals surface area contributed by atoms with Crippen LogP contribution >= 0.6 is 11.6 Å². The molecule has 0 aliphatic heterocycles. The fourth-order valence-corrected chi connectivity index (χ4v) is 2.50. The molecule has 1 aromatic heterocycles. The van der Waals surface area contributed by atoms with Crippen molar-refractivity contribution >= 4 is 40.3 Å². The standard InChI is InChI=1S/C18H18ClN5/c1-11-5-3-8-15(12(11)2)24-18-16(20)17(21-10-22-18)23-14-7-4-6-13(19)9-14/h3-10H,20H2,1-2H3,(H2,21,22,23,24). The van der Waals surface area contributed by atoms with Gasteiger partial charge in [0.15, 0.2) is 11.6 Å². The number of nitrogens with two attached hydrogens (primary N) is 1. The highest BCUT2D eigenvalue weighted by molar-refractivity contribution is 6.30. The minimum Gasteiger partial charge on any atom is -0.393 e. The van der Waals surface area contributed by atoms with Gasteiger partial charge in [-0.15, -0.1) is 0 Å². The van der Waals surface area contributed by atoms with E-state index in [1.165, 1.54) is 11.9 Å². The number of nitrogen functional groups attached to an aromatic ring is 1. The van der Waals surface area contributed by atoms with E-state index in [1.807, 2.05) is 30.3 Å². The van der Waals surface area contributed by atoms with Crippen molar-refractivity contribution < 1.29 is 0 Å². The minimum atomic E-state index is 0.443. The number of nitrogens with one attached hydrogen (secondary N) is 2. The Balaban J connectivity index is 1.89. The van der Waals surface area contributed by atoms with Crippen molar-refractivity contribution in [1.82, 2.24) is 9.97 Å². The van der Waals surface area contributed by atoms with E-state index in [1.54, 1.807) is 6.07 Å². The fraction of sp³-hybridized carbons (Fsp3) is 0.111. The molecule has 0 fully saturated rings. The molecule has 24 heavy (non-hydrogen) atoms. The van der Waals surface area contributed by atoms with Crippen molar-refractivity contribution in [3.8, 4) is 0 Å². The van der Waals surface area contributed by atoms with E-state index in [4.69, 9.17) is 17.3 Å². The van der Waals surface area contributed by atoms with Crippen molar-refractivity contribution in [1.29, 1.82) is 0 Å². The predicted octanol–water partition coefficient (Wildman–Crippen LogP) is 4.82. The lowest BCUT2D eigenvalue weighted by molar-refractivity contribution is 1.17. The maximum absolute atomic E-state index is 6.22. The molecular weight excluding hydrogens is 322 g/mol. The number of benzene rings is 2. The normalized spacial score (nSPS) is 10.5. The van der Waals surface area contributed by atoms with Gasteiger partial charge in [0.1, 0.15) is 12.0 Å². The molecule has 4 N–H and O–H groups in total. The van der Waals surface area contributed by atoms with Crippen LogP contribution in [0.25, 0.3) is 0 Å².